The second-order valence-electron chi connectivity index (χ2n) is 23.7. The Morgan fingerprint density at radius 1 is 0.456 bits per heavy atom. The van der Waals surface area contributed by atoms with Gasteiger partial charge in [0.1, 0.15) is 19.3 Å². The molecule has 0 saturated carbocycles. The first-order chi connectivity index (χ1) is 38.4. The number of unbranched alkanes of at least 4 members (excludes halogenated alkanes) is 35. The van der Waals surface area contributed by atoms with Crippen molar-refractivity contribution in [2.75, 3.05) is 40.9 Å². The van der Waals surface area contributed by atoms with E-state index in [2.05, 4.69) is 86.8 Å². The Kier molecular flexibility index (Phi) is 56.7. The molecule has 0 rings (SSSR count). The molecule has 0 aromatic carbocycles. The number of phosphoric ester groups is 1. The summed E-state index contributed by atoms with van der Waals surface area (Å²) >= 11 is 0. The smallest absolute Gasteiger partial charge is 0.456 e. The molecule has 0 saturated heterocycles. The summed E-state index contributed by atoms with van der Waals surface area (Å²) in [6.45, 7) is 6.96. The van der Waals surface area contributed by atoms with E-state index in [1.54, 1.807) is 0 Å². The highest BCUT2D eigenvalue weighted by Crippen LogP contribution is 2.43. The molecule has 0 aliphatic rings. The van der Waals surface area contributed by atoms with Crippen LogP contribution in [-0.2, 0) is 27.9 Å². The fraction of sp³-hybridized carbons (Fsp3) is 0.797. The van der Waals surface area contributed by atoms with Gasteiger partial charge in [0.15, 0.2) is 0 Å². The minimum Gasteiger partial charge on any atom is -0.456 e. The van der Waals surface area contributed by atoms with E-state index in [1.165, 1.54) is 180 Å². The topological polar surface area (TPSA) is 111 Å². The number of carbonyl (C=O) groups is 2. The van der Waals surface area contributed by atoms with Crippen LogP contribution in [0.25, 0.3) is 0 Å². The van der Waals surface area contributed by atoms with E-state index in [0.717, 1.165) is 89.9 Å². The van der Waals surface area contributed by atoms with Crippen LogP contribution in [-0.4, -0.2) is 74.3 Å². The van der Waals surface area contributed by atoms with Crippen LogP contribution in [0.15, 0.2) is 72.9 Å². The minimum absolute atomic E-state index is 0.0364. The van der Waals surface area contributed by atoms with Gasteiger partial charge >= 0.3 is 13.8 Å². The first-order valence-electron chi connectivity index (χ1n) is 33.3. The van der Waals surface area contributed by atoms with Crippen LogP contribution in [0.5, 0.6) is 0 Å². The number of amides is 1. The molecule has 79 heavy (non-hydrogen) atoms. The van der Waals surface area contributed by atoms with Gasteiger partial charge in [0, 0.05) is 12.8 Å². The van der Waals surface area contributed by atoms with Crippen LogP contribution in [0.1, 0.15) is 303 Å². The predicted molar refractivity (Wildman–Crippen MR) is 341 cm³/mol. The fourth-order valence-electron chi connectivity index (χ4n) is 9.47. The molecule has 0 bridgehead atoms. The van der Waals surface area contributed by atoms with Crippen molar-refractivity contribution in [1.82, 2.24) is 5.32 Å². The van der Waals surface area contributed by atoms with Crippen molar-refractivity contribution in [3.63, 3.8) is 0 Å². The van der Waals surface area contributed by atoms with Crippen LogP contribution < -0.4 is 5.32 Å². The Balaban J connectivity index is 5.02. The van der Waals surface area contributed by atoms with Gasteiger partial charge in [0.25, 0.3) is 0 Å². The van der Waals surface area contributed by atoms with Crippen molar-refractivity contribution in [2.24, 2.45) is 0 Å². The molecule has 0 aromatic heterocycles. The van der Waals surface area contributed by atoms with E-state index >= 15 is 0 Å². The number of allylic oxidation sites excluding steroid dienone is 11. The Labute approximate surface area is 489 Å². The summed E-state index contributed by atoms with van der Waals surface area (Å²) in [4.78, 5) is 37.7. The molecule has 0 spiro atoms. The monoisotopic (exact) mass is 1130 g/mol. The number of quaternary nitrogens is 1. The normalized spacial score (nSPS) is 14.1. The fourth-order valence-corrected chi connectivity index (χ4v) is 10.2. The lowest BCUT2D eigenvalue weighted by molar-refractivity contribution is -0.870. The van der Waals surface area contributed by atoms with E-state index in [9.17, 15) is 19.0 Å². The number of hydrogen-bond donors (Lipinski definition) is 2. The second-order valence-corrected chi connectivity index (χ2v) is 25.1. The van der Waals surface area contributed by atoms with Gasteiger partial charge in [-0.1, -0.05) is 267 Å². The quantitative estimate of drug-likeness (QED) is 0.0156. The van der Waals surface area contributed by atoms with E-state index in [4.69, 9.17) is 13.8 Å². The van der Waals surface area contributed by atoms with Crippen molar-refractivity contribution < 1.29 is 37.3 Å². The molecule has 3 unspecified atom stereocenters. The number of rotatable bonds is 60. The van der Waals surface area contributed by atoms with Crippen molar-refractivity contribution in [2.45, 2.75) is 315 Å². The number of hydrogen-bond acceptors (Lipinski definition) is 6. The Morgan fingerprint density at radius 2 is 0.810 bits per heavy atom. The molecular weight excluding hydrogens is 1000 g/mol. The van der Waals surface area contributed by atoms with Crippen molar-refractivity contribution in [3.05, 3.63) is 72.9 Å². The number of nitrogens with one attached hydrogen (secondary N) is 1. The standard InChI is InChI=1S/C69H127N2O7P/c1-7-10-13-16-19-22-25-27-29-30-31-32-33-34-35-36-37-38-39-40-42-44-47-50-53-56-59-62-69(73)78-67(60-57-54-51-48-45-24-21-18-15-12-9-3)66(65-77-79(74,75)76-64-63-71(4,5)6)70-68(72)61-58-55-52-49-46-43-41-28-26-23-20-17-14-11-8-2/h19-20,22-23,26-29,31-32,57,60,66-67H,7-18,21,24-25,30,33-56,58-59,61-65H2,1-6H3,(H-,70,72,74,75)/p+1/b22-19-,23-20+,28-26+,29-27-,32-31-,60-57-. The van der Waals surface area contributed by atoms with Gasteiger partial charge in [0.2, 0.25) is 5.91 Å². The molecular formula is C69H128N2O7P+. The highest BCUT2D eigenvalue weighted by molar-refractivity contribution is 7.47. The largest absolute Gasteiger partial charge is 0.472 e. The Morgan fingerprint density at radius 3 is 1.25 bits per heavy atom. The lowest BCUT2D eigenvalue weighted by atomic mass is 10.0. The van der Waals surface area contributed by atoms with Crippen molar-refractivity contribution >= 4 is 19.7 Å². The molecule has 1 amide bonds. The summed E-state index contributed by atoms with van der Waals surface area (Å²) in [6, 6.07) is -0.856. The van der Waals surface area contributed by atoms with E-state index in [0.29, 0.717) is 17.4 Å². The molecule has 10 heteroatoms. The van der Waals surface area contributed by atoms with Gasteiger partial charge < -0.3 is 19.4 Å². The van der Waals surface area contributed by atoms with Gasteiger partial charge in [-0.3, -0.25) is 18.6 Å². The van der Waals surface area contributed by atoms with Crippen molar-refractivity contribution in [1.29, 1.82) is 0 Å². The summed E-state index contributed by atoms with van der Waals surface area (Å²) in [5.74, 6) is -0.514. The van der Waals surface area contributed by atoms with Gasteiger partial charge in [-0.2, -0.15) is 0 Å². The van der Waals surface area contributed by atoms with Crippen LogP contribution in [0, 0.1) is 0 Å². The first kappa shape index (κ1) is 76.5. The van der Waals surface area contributed by atoms with Crippen molar-refractivity contribution in [3.8, 4) is 0 Å². The lowest BCUT2D eigenvalue weighted by Gasteiger charge is -2.27. The zero-order chi connectivity index (χ0) is 57.9. The summed E-state index contributed by atoms with van der Waals surface area (Å²) in [5.41, 5.74) is 0. The number of carbonyl (C=O) groups excluding carboxylic acids is 2. The van der Waals surface area contributed by atoms with E-state index in [-0.39, 0.29) is 31.5 Å². The number of likely N-dealkylation sites (N-methyl/N-ethyl adjacent to an activating group) is 1. The van der Waals surface area contributed by atoms with Gasteiger partial charge in [-0.05, 0) is 96.0 Å². The number of nitrogens with zero attached hydrogens (tertiary/aromatic N) is 1. The zero-order valence-electron chi connectivity index (χ0n) is 52.6. The Hall–Kier alpha value is -2.55. The summed E-state index contributed by atoms with van der Waals surface area (Å²) in [5, 5.41) is 3.05. The molecule has 0 aliphatic heterocycles. The minimum atomic E-state index is -4.45. The van der Waals surface area contributed by atoms with Crippen LogP contribution >= 0.6 is 7.82 Å². The lowest BCUT2D eigenvalue weighted by Crippen LogP contribution is -2.47. The SMILES string of the molecule is CCCCC/C=C\C/C=C\C/C=C\CCCCCCCCCCCCCCCCC(=O)OC(/C=C\CCCCCCCCCCC)C(COP(=O)(O)OCC[N+](C)(C)C)NC(=O)CCCCCCCC/C=C/C=C/CCCCC. The van der Waals surface area contributed by atoms with Gasteiger partial charge in [-0.25, -0.2) is 4.57 Å². The maximum absolute atomic E-state index is 13.5. The average molecular weight is 1130 g/mol. The Bertz CT molecular complexity index is 1580. The van der Waals surface area contributed by atoms with Crippen LogP contribution in [0.3, 0.4) is 0 Å². The molecule has 460 valence electrons. The third kappa shape index (κ3) is 59.9. The molecule has 2 N–H and O–H groups in total. The first-order valence-corrected chi connectivity index (χ1v) is 34.8. The maximum Gasteiger partial charge on any atom is 0.472 e. The molecule has 0 heterocycles. The molecule has 0 aliphatic carbocycles. The average Bonchev–Trinajstić information content (AvgIpc) is 3.41. The molecule has 9 nitrogen and oxygen atoms in total. The van der Waals surface area contributed by atoms with E-state index in [1.807, 2.05) is 33.3 Å². The third-order valence-electron chi connectivity index (χ3n) is 14.6. The summed E-state index contributed by atoms with van der Waals surface area (Å²) in [7, 11) is 1.49. The molecule has 0 aromatic rings. The number of phosphoric acid groups is 1. The summed E-state index contributed by atoms with van der Waals surface area (Å²) in [6.07, 6.45) is 76.2. The molecule has 0 fully saturated rings. The van der Waals surface area contributed by atoms with Gasteiger partial charge in [-0.15, -0.1) is 0 Å². The highest BCUT2D eigenvalue weighted by Gasteiger charge is 2.30. The third-order valence-corrected chi connectivity index (χ3v) is 15.6. The predicted octanol–water partition coefficient (Wildman–Crippen LogP) is 20.8. The maximum atomic E-state index is 13.5. The number of ether oxygens (including phenoxy) is 1. The zero-order valence-corrected chi connectivity index (χ0v) is 53.5. The number of esters is 1. The summed E-state index contributed by atoms with van der Waals surface area (Å²) < 4.78 is 30.7. The molecule has 0 radical (unpaired) electrons. The van der Waals surface area contributed by atoms with Gasteiger partial charge in [0.05, 0.1) is 33.8 Å². The second kappa shape index (κ2) is 58.6. The van der Waals surface area contributed by atoms with Crippen LogP contribution in [0.4, 0.5) is 0 Å². The van der Waals surface area contributed by atoms with Crippen LogP contribution in [0.2, 0.25) is 0 Å². The molecule has 3 atom stereocenters. The highest BCUT2D eigenvalue weighted by atomic mass is 31.2. The van der Waals surface area contributed by atoms with E-state index < -0.39 is 20.0 Å².